The molecular formula is C16H27BrN2O. The fourth-order valence-corrected chi connectivity index (χ4v) is 2.81. The number of likely N-dealkylation sites (N-methyl/N-ethyl adjacent to an activating group) is 1. The minimum absolute atomic E-state index is 0.580. The van der Waals surface area contributed by atoms with Crippen LogP contribution in [0, 0.1) is 5.92 Å². The maximum atomic E-state index is 5.24. The Morgan fingerprint density at radius 1 is 1.30 bits per heavy atom. The summed E-state index contributed by atoms with van der Waals surface area (Å²) in [6.07, 6.45) is 1.21. The number of nitrogens with zero attached hydrogens (tertiary/aromatic N) is 1. The molecule has 0 saturated carbocycles. The van der Waals surface area contributed by atoms with Gasteiger partial charge in [0.2, 0.25) is 0 Å². The Labute approximate surface area is 131 Å². The third-order valence-corrected chi connectivity index (χ3v) is 4.02. The number of nitrogens with one attached hydrogen (secondary N) is 1. The van der Waals surface area contributed by atoms with Crippen LogP contribution in [0.3, 0.4) is 0 Å². The molecule has 1 aromatic rings. The van der Waals surface area contributed by atoms with E-state index in [9.17, 15) is 0 Å². The Hall–Kier alpha value is -0.580. The Balaban J connectivity index is 2.48. The van der Waals surface area contributed by atoms with Crippen molar-refractivity contribution in [3.63, 3.8) is 0 Å². The zero-order valence-corrected chi connectivity index (χ0v) is 14.8. The van der Waals surface area contributed by atoms with Crippen molar-refractivity contribution in [3.8, 4) is 5.75 Å². The van der Waals surface area contributed by atoms with Gasteiger partial charge in [0.15, 0.2) is 0 Å². The first kappa shape index (κ1) is 17.5. The molecule has 20 heavy (non-hydrogen) atoms. The molecule has 0 heterocycles. The second-order valence-corrected chi connectivity index (χ2v) is 6.70. The fraction of sp³-hybridized carbons (Fsp3) is 0.625. The standard InChI is InChI=1S/C16H27BrN2O/c1-12(2)8-14(19(3)4)11-18-10-13-6-7-16(20-5)15(17)9-13/h6-7,9,12,14,18H,8,10-11H2,1-5H3. The molecule has 0 saturated heterocycles. The highest BCUT2D eigenvalue weighted by atomic mass is 79.9. The SMILES string of the molecule is COc1ccc(CNCC(CC(C)C)N(C)C)cc1Br. The molecule has 1 aromatic carbocycles. The van der Waals surface area contributed by atoms with E-state index < -0.39 is 0 Å². The van der Waals surface area contributed by atoms with Gasteiger partial charge in [-0.1, -0.05) is 19.9 Å². The van der Waals surface area contributed by atoms with E-state index in [1.54, 1.807) is 7.11 Å². The van der Waals surface area contributed by atoms with Crippen molar-refractivity contribution in [1.82, 2.24) is 10.2 Å². The summed E-state index contributed by atoms with van der Waals surface area (Å²) in [4.78, 5) is 2.30. The van der Waals surface area contributed by atoms with Crippen LogP contribution in [0.4, 0.5) is 0 Å². The van der Waals surface area contributed by atoms with Crippen LogP contribution in [-0.4, -0.2) is 38.7 Å². The van der Waals surface area contributed by atoms with Crippen molar-refractivity contribution in [2.75, 3.05) is 27.7 Å². The van der Waals surface area contributed by atoms with Gasteiger partial charge in [-0.2, -0.15) is 0 Å². The van der Waals surface area contributed by atoms with Gasteiger partial charge in [0, 0.05) is 19.1 Å². The summed E-state index contributed by atoms with van der Waals surface area (Å²) >= 11 is 3.52. The lowest BCUT2D eigenvalue weighted by Gasteiger charge is -2.26. The summed E-state index contributed by atoms with van der Waals surface area (Å²) in [5.74, 6) is 1.60. The summed E-state index contributed by atoms with van der Waals surface area (Å²) < 4.78 is 6.25. The van der Waals surface area contributed by atoms with Crippen LogP contribution in [0.15, 0.2) is 22.7 Å². The van der Waals surface area contributed by atoms with Crippen LogP contribution in [0.2, 0.25) is 0 Å². The van der Waals surface area contributed by atoms with Crippen molar-refractivity contribution < 1.29 is 4.74 Å². The van der Waals surface area contributed by atoms with Gasteiger partial charge in [-0.05, 0) is 60.1 Å². The molecule has 0 fully saturated rings. The second-order valence-electron chi connectivity index (χ2n) is 5.85. The van der Waals surface area contributed by atoms with E-state index in [1.807, 2.05) is 6.07 Å². The summed E-state index contributed by atoms with van der Waals surface area (Å²) in [5.41, 5.74) is 1.26. The molecule has 4 heteroatoms. The first-order valence-corrected chi connectivity index (χ1v) is 7.93. The van der Waals surface area contributed by atoms with Crippen LogP contribution < -0.4 is 10.1 Å². The molecule has 1 atom stereocenters. The number of methoxy groups -OCH3 is 1. The maximum absolute atomic E-state index is 5.24. The smallest absolute Gasteiger partial charge is 0.133 e. The first-order valence-electron chi connectivity index (χ1n) is 7.13. The van der Waals surface area contributed by atoms with E-state index in [1.165, 1.54) is 12.0 Å². The first-order chi connectivity index (χ1) is 9.43. The van der Waals surface area contributed by atoms with Crippen LogP contribution in [0.25, 0.3) is 0 Å². The summed E-state index contributed by atoms with van der Waals surface area (Å²) in [5, 5.41) is 3.55. The maximum Gasteiger partial charge on any atom is 0.133 e. The van der Waals surface area contributed by atoms with Gasteiger partial charge in [0.1, 0.15) is 5.75 Å². The molecule has 0 amide bonds. The number of hydrogen-bond acceptors (Lipinski definition) is 3. The lowest BCUT2D eigenvalue weighted by Crippen LogP contribution is -2.38. The predicted octanol–water partition coefficient (Wildman–Crippen LogP) is 3.52. The summed E-state index contributed by atoms with van der Waals surface area (Å²) in [7, 11) is 5.99. The monoisotopic (exact) mass is 342 g/mol. The molecule has 1 N–H and O–H groups in total. The van der Waals surface area contributed by atoms with Crippen molar-refractivity contribution in [3.05, 3.63) is 28.2 Å². The zero-order chi connectivity index (χ0) is 15.1. The highest BCUT2D eigenvalue weighted by Gasteiger charge is 2.12. The zero-order valence-electron chi connectivity index (χ0n) is 13.2. The molecule has 0 aliphatic rings. The van der Waals surface area contributed by atoms with E-state index in [2.05, 4.69) is 66.2 Å². The lowest BCUT2D eigenvalue weighted by molar-refractivity contribution is 0.246. The van der Waals surface area contributed by atoms with E-state index in [4.69, 9.17) is 4.74 Å². The van der Waals surface area contributed by atoms with Crippen LogP contribution in [0.5, 0.6) is 5.75 Å². The number of rotatable bonds is 8. The molecule has 0 aromatic heterocycles. The quantitative estimate of drug-likeness (QED) is 0.782. The largest absolute Gasteiger partial charge is 0.496 e. The van der Waals surface area contributed by atoms with Crippen LogP contribution in [-0.2, 0) is 6.54 Å². The third kappa shape index (κ3) is 5.81. The Morgan fingerprint density at radius 2 is 2.00 bits per heavy atom. The van der Waals surface area contributed by atoms with Crippen LogP contribution >= 0.6 is 15.9 Å². The molecule has 0 aliphatic heterocycles. The van der Waals surface area contributed by atoms with Crippen LogP contribution in [0.1, 0.15) is 25.8 Å². The van der Waals surface area contributed by atoms with E-state index >= 15 is 0 Å². The van der Waals surface area contributed by atoms with Gasteiger partial charge in [0.05, 0.1) is 11.6 Å². The van der Waals surface area contributed by atoms with E-state index in [0.29, 0.717) is 6.04 Å². The van der Waals surface area contributed by atoms with Crippen molar-refractivity contribution in [2.45, 2.75) is 32.9 Å². The fourth-order valence-electron chi connectivity index (χ4n) is 2.22. The second kappa shape index (κ2) is 8.65. The van der Waals surface area contributed by atoms with Crippen molar-refractivity contribution in [2.24, 2.45) is 5.92 Å². The van der Waals surface area contributed by atoms with Gasteiger partial charge in [-0.3, -0.25) is 0 Å². The summed E-state index contributed by atoms with van der Waals surface area (Å²) in [6, 6.07) is 6.79. The number of halogens is 1. The molecule has 1 unspecified atom stereocenters. The van der Waals surface area contributed by atoms with Gasteiger partial charge in [0.25, 0.3) is 0 Å². The highest BCUT2D eigenvalue weighted by molar-refractivity contribution is 9.10. The van der Waals surface area contributed by atoms with Gasteiger partial charge >= 0.3 is 0 Å². The highest BCUT2D eigenvalue weighted by Crippen LogP contribution is 2.25. The molecule has 0 radical (unpaired) electrons. The predicted molar refractivity (Wildman–Crippen MR) is 89.3 cm³/mol. The number of hydrogen-bond donors (Lipinski definition) is 1. The van der Waals surface area contributed by atoms with Gasteiger partial charge in [-0.25, -0.2) is 0 Å². The van der Waals surface area contributed by atoms with E-state index in [-0.39, 0.29) is 0 Å². The Kier molecular flexibility index (Phi) is 7.56. The molecular weight excluding hydrogens is 316 g/mol. The minimum atomic E-state index is 0.580. The average molecular weight is 343 g/mol. The molecule has 0 spiro atoms. The van der Waals surface area contributed by atoms with E-state index in [0.717, 1.165) is 29.2 Å². The molecule has 114 valence electrons. The summed E-state index contributed by atoms with van der Waals surface area (Å²) in [6.45, 7) is 6.44. The molecule has 3 nitrogen and oxygen atoms in total. The third-order valence-electron chi connectivity index (χ3n) is 3.40. The Bertz CT molecular complexity index is 407. The lowest BCUT2D eigenvalue weighted by atomic mass is 10.0. The minimum Gasteiger partial charge on any atom is -0.496 e. The molecule has 0 aliphatic carbocycles. The normalized spacial score (nSPS) is 13.0. The molecule has 0 bridgehead atoms. The topological polar surface area (TPSA) is 24.5 Å². The average Bonchev–Trinajstić information content (AvgIpc) is 2.37. The number of ether oxygens (including phenoxy) is 1. The Morgan fingerprint density at radius 3 is 2.50 bits per heavy atom. The van der Waals surface area contributed by atoms with Gasteiger partial charge < -0.3 is 15.0 Å². The van der Waals surface area contributed by atoms with Gasteiger partial charge in [-0.15, -0.1) is 0 Å². The number of benzene rings is 1. The molecule has 1 rings (SSSR count). The van der Waals surface area contributed by atoms with Crippen molar-refractivity contribution in [1.29, 1.82) is 0 Å². The van der Waals surface area contributed by atoms with Crippen molar-refractivity contribution >= 4 is 15.9 Å².